The van der Waals surface area contributed by atoms with Gasteiger partial charge in [0.05, 0.1) is 16.5 Å². The quantitative estimate of drug-likeness (QED) is 0.482. The molecule has 0 saturated heterocycles. The van der Waals surface area contributed by atoms with Gasteiger partial charge in [-0.15, -0.1) is 11.3 Å². The molecule has 0 aliphatic heterocycles. The van der Waals surface area contributed by atoms with Crippen molar-refractivity contribution in [1.29, 1.82) is 0 Å². The SMILES string of the molecule is Cc1cc(C)cc(OCn2ccc(C(=O)Nc3sc(C(N)=O)c(C)c3C(=O)OC(C)C)n2)c1. The molecule has 0 radical (unpaired) electrons. The number of thiophene rings is 1. The van der Waals surface area contributed by atoms with Gasteiger partial charge in [0, 0.05) is 6.20 Å². The molecular weight excluding hydrogens is 444 g/mol. The molecule has 174 valence electrons. The number of anilines is 1. The summed E-state index contributed by atoms with van der Waals surface area (Å²) in [6, 6.07) is 7.40. The predicted octanol–water partition coefficient (Wildman–Crippen LogP) is 3.82. The lowest BCUT2D eigenvalue weighted by Crippen LogP contribution is -2.18. The Morgan fingerprint density at radius 1 is 1.15 bits per heavy atom. The molecule has 0 atom stereocenters. The van der Waals surface area contributed by atoms with E-state index in [0.717, 1.165) is 22.5 Å². The van der Waals surface area contributed by atoms with Crippen molar-refractivity contribution in [2.24, 2.45) is 5.73 Å². The van der Waals surface area contributed by atoms with Gasteiger partial charge in [0.25, 0.3) is 11.8 Å². The number of esters is 1. The third-order valence-corrected chi connectivity index (χ3v) is 5.80. The summed E-state index contributed by atoms with van der Waals surface area (Å²) in [6.45, 7) is 9.09. The molecule has 0 saturated carbocycles. The summed E-state index contributed by atoms with van der Waals surface area (Å²) in [5.41, 5.74) is 8.17. The van der Waals surface area contributed by atoms with Crippen LogP contribution in [0.25, 0.3) is 0 Å². The van der Waals surface area contributed by atoms with Gasteiger partial charge in [-0.2, -0.15) is 5.10 Å². The van der Waals surface area contributed by atoms with Crippen LogP contribution in [0.15, 0.2) is 30.5 Å². The number of rotatable bonds is 8. The molecule has 2 heterocycles. The van der Waals surface area contributed by atoms with Crippen LogP contribution < -0.4 is 15.8 Å². The van der Waals surface area contributed by atoms with E-state index < -0.39 is 17.8 Å². The molecule has 0 aliphatic carbocycles. The largest absolute Gasteiger partial charge is 0.471 e. The standard InChI is InChI=1S/C23H26N4O5S/c1-12(2)32-23(30)18-15(5)19(20(24)28)33-22(18)25-21(29)17-6-7-27(26-17)11-31-16-9-13(3)8-14(4)10-16/h6-10,12H,11H2,1-5H3,(H2,24,28)(H,25,29). The molecule has 2 amide bonds. The fraction of sp³-hybridized carbons (Fsp3) is 0.304. The number of hydrogen-bond acceptors (Lipinski definition) is 7. The van der Waals surface area contributed by atoms with E-state index in [1.807, 2.05) is 32.0 Å². The molecule has 9 nitrogen and oxygen atoms in total. The van der Waals surface area contributed by atoms with Crippen molar-refractivity contribution >= 4 is 34.1 Å². The molecule has 2 aromatic heterocycles. The van der Waals surface area contributed by atoms with Gasteiger partial charge in [0.2, 0.25) is 0 Å². The Bertz CT molecular complexity index is 1190. The lowest BCUT2D eigenvalue weighted by Gasteiger charge is -2.10. The first-order chi connectivity index (χ1) is 15.5. The second-order valence-electron chi connectivity index (χ2n) is 7.87. The first-order valence-corrected chi connectivity index (χ1v) is 11.1. The van der Waals surface area contributed by atoms with Gasteiger partial charge >= 0.3 is 5.97 Å². The Balaban J connectivity index is 1.76. The lowest BCUT2D eigenvalue weighted by molar-refractivity contribution is 0.0379. The van der Waals surface area contributed by atoms with Crippen molar-refractivity contribution in [1.82, 2.24) is 9.78 Å². The highest BCUT2D eigenvalue weighted by molar-refractivity contribution is 7.18. The van der Waals surface area contributed by atoms with Crippen LogP contribution in [0.1, 0.15) is 61.1 Å². The van der Waals surface area contributed by atoms with E-state index in [1.54, 1.807) is 27.0 Å². The van der Waals surface area contributed by atoms with E-state index in [0.29, 0.717) is 11.3 Å². The average molecular weight is 471 g/mol. The smallest absolute Gasteiger partial charge is 0.341 e. The zero-order valence-corrected chi connectivity index (χ0v) is 19.9. The van der Waals surface area contributed by atoms with Crippen molar-refractivity contribution in [3.05, 3.63) is 63.3 Å². The Morgan fingerprint density at radius 2 is 1.82 bits per heavy atom. The first kappa shape index (κ1) is 24.0. The number of nitrogens with two attached hydrogens (primary N) is 1. The van der Waals surface area contributed by atoms with Crippen LogP contribution in [-0.2, 0) is 11.5 Å². The average Bonchev–Trinajstić information content (AvgIpc) is 3.30. The summed E-state index contributed by atoms with van der Waals surface area (Å²) in [7, 11) is 0. The van der Waals surface area contributed by atoms with Crippen LogP contribution >= 0.6 is 11.3 Å². The third kappa shape index (κ3) is 5.78. The highest BCUT2D eigenvalue weighted by Crippen LogP contribution is 2.34. The highest BCUT2D eigenvalue weighted by atomic mass is 32.1. The molecule has 3 aromatic rings. The summed E-state index contributed by atoms with van der Waals surface area (Å²) < 4.78 is 12.5. The number of ether oxygens (including phenoxy) is 2. The van der Waals surface area contributed by atoms with Crippen LogP contribution in [-0.4, -0.2) is 33.7 Å². The van der Waals surface area contributed by atoms with E-state index in [4.69, 9.17) is 15.2 Å². The highest BCUT2D eigenvalue weighted by Gasteiger charge is 2.27. The Morgan fingerprint density at radius 3 is 2.42 bits per heavy atom. The van der Waals surface area contributed by atoms with Crippen molar-refractivity contribution < 1.29 is 23.9 Å². The van der Waals surface area contributed by atoms with Crippen LogP contribution in [0, 0.1) is 20.8 Å². The van der Waals surface area contributed by atoms with Gasteiger partial charge in [0.15, 0.2) is 12.4 Å². The minimum Gasteiger partial charge on any atom is -0.471 e. The number of amides is 2. The maximum Gasteiger partial charge on any atom is 0.341 e. The number of primary amides is 1. The molecule has 3 N–H and O–H groups in total. The zero-order chi connectivity index (χ0) is 24.3. The molecule has 0 bridgehead atoms. The van der Waals surface area contributed by atoms with Gasteiger partial charge in [-0.3, -0.25) is 9.59 Å². The molecule has 0 aliphatic rings. The number of benzene rings is 1. The molecule has 0 fully saturated rings. The summed E-state index contributed by atoms with van der Waals surface area (Å²) in [6.07, 6.45) is 1.24. The fourth-order valence-electron chi connectivity index (χ4n) is 3.23. The maximum absolute atomic E-state index is 12.8. The second kappa shape index (κ2) is 9.86. The normalized spacial score (nSPS) is 10.8. The predicted molar refractivity (Wildman–Crippen MR) is 125 cm³/mol. The van der Waals surface area contributed by atoms with Gasteiger partial charge < -0.3 is 20.5 Å². The topological polar surface area (TPSA) is 126 Å². The summed E-state index contributed by atoms with van der Waals surface area (Å²) >= 11 is 0.923. The van der Waals surface area contributed by atoms with E-state index in [2.05, 4.69) is 10.4 Å². The number of hydrogen-bond donors (Lipinski definition) is 2. The first-order valence-electron chi connectivity index (χ1n) is 10.2. The Hall–Kier alpha value is -3.66. The molecular formula is C23H26N4O5S. The minimum absolute atomic E-state index is 0.105. The van der Waals surface area contributed by atoms with Crippen LogP contribution in [0.5, 0.6) is 5.75 Å². The number of aromatic nitrogens is 2. The van der Waals surface area contributed by atoms with E-state index >= 15 is 0 Å². The number of carbonyl (C=O) groups excluding carboxylic acids is 3. The van der Waals surface area contributed by atoms with Gasteiger partial charge in [0.1, 0.15) is 10.8 Å². The van der Waals surface area contributed by atoms with Crippen molar-refractivity contribution in [2.75, 3.05) is 5.32 Å². The molecule has 33 heavy (non-hydrogen) atoms. The third-order valence-electron chi connectivity index (χ3n) is 4.58. The number of aryl methyl sites for hydroxylation is 2. The molecule has 0 unspecified atom stereocenters. The lowest BCUT2D eigenvalue weighted by atomic mass is 10.1. The van der Waals surface area contributed by atoms with Crippen molar-refractivity contribution in [3.8, 4) is 5.75 Å². The Labute approximate surface area is 195 Å². The second-order valence-corrected chi connectivity index (χ2v) is 8.89. The van der Waals surface area contributed by atoms with E-state index in [1.165, 1.54) is 10.7 Å². The van der Waals surface area contributed by atoms with Crippen LogP contribution in [0.4, 0.5) is 5.00 Å². The summed E-state index contributed by atoms with van der Waals surface area (Å²) in [5, 5.41) is 7.06. The van der Waals surface area contributed by atoms with Gasteiger partial charge in [-0.05, 0) is 69.5 Å². The minimum atomic E-state index is -0.690. The summed E-state index contributed by atoms with van der Waals surface area (Å²) in [4.78, 5) is 37.3. The van der Waals surface area contributed by atoms with Crippen LogP contribution in [0.3, 0.4) is 0 Å². The number of carbonyl (C=O) groups is 3. The van der Waals surface area contributed by atoms with Gasteiger partial charge in [-0.1, -0.05) is 6.07 Å². The van der Waals surface area contributed by atoms with E-state index in [9.17, 15) is 14.4 Å². The summed E-state index contributed by atoms with van der Waals surface area (Å²) in [5.74, 6) is -1.18. The van der Waals surface area contributed by atoms with Crippen molar-refractivity contribution in [2.45, 2.75) is 47.5 Å². The number of nitrogens with one attached hydrogen (secondary N) is 1. The molecule has 1 aromatic carbocycles. The molecule has 3 rings (SSSR count). The Kier molecular flexibility index (Phi) is 7.17. The monoisotopic (exact) mass is 470 g/mol. The zero-order valence-electron chi connectivity index (χ0n) is 19.1. The van der Waals surface area contributed by atoms with Gasteiger partial charge in [-0.25, -0.2) is 9.48 Å². The number of nitrogens with zero attached hydrogens (tertiary/aromatic N) is 2. The maximum atomic E-state index is 12.8. The molecule has 10 heteroatoms. The van der Waals surface area contributed by atoms with Crippen molar-refractivity contribution in [3.63, 3.8) is 0 Å². The molecule has 0 spiro atoms. The van der Waals surface area contributed by atoms with Crippen LogP contribution in [0.2, 0.25) is 0 Å². The fourth-order valence-corrected chi connectivity index (χ4v) is 4.28. The van der Waals surface area contributed by atoms with E-state index in [-0.39, 0.29) is 34.0 Å².